The molecule has 4 rings (SSSR count). The third-order valence-corrected chi connectivity index (χ3v) is 5.97. The van der Waals surface area contributed by atoms with Gasteiger partial charge in [0.05, 0.1) is 17.6 Å². The van der Waals surface area contributed by atoms with Crippen LogP contribution in [0.1, 0.15) is 78.2 Å². The normalized spacial score (nSPS) is 15.9. The lowest BCUT2D eigenvalue weighted by Gasteiger charge is -2.08. The number of aryl methyl sites for hydroxylation is 1. The van der Waals surface area contributed by atoms with Gasteiger partial charge in [0, 0.05) is 35.6 Å². The summed E-state index contributed by atoms with van der Waals surface area (Å²) in [5, 5.41) is 12.2. The Morgan fingerprint density at radius 1 is 1.05 bits per heavy atom. The van der Waals surface area contributed by atoms with Gasteiger partial charge in [-0.25, -0.2) is 0 Å². The highest BCUT2D eigenvalue weighted by Gasteiger charge is 2.08. The first kappa shape index (κ1) is 32.3. The third kappa shape index (κ3) is 13.5. The topological polar surface area (TPSA) is 69.9 Å². The van der Waals surface area contributed by atoms with Crippen LogP contribution in [0.2, 0.25) is 0 Å². The second-order valence-electron chi connectivity index (χ2n) is 8.86. The predicted molar refractivity (Wildman–Crippen MR) is 166 cm³/mol. The van der Waals surface area contributed by atoms with Crippen LogP contribution in [0.5, 0.6) is 5.75 Å². The Morgan fingerprint density at radius 2 is 1.71 bits per heavy atom. The molecule has 0 bridgehead atoms. The number of anilines is 1. The number of hydrogen-bond acceptors (Lipinski definition) is 5. The van der Waals surface area contributed by atoms with E-state index < -0.39 is 0 Å². The van der Waals surface area contributed by atoms with Gasteiger partial charge in [0.25, 0.3) is 0 Å². The van der Waals surface area contributed by atoms with Crippen molar-refractivity contribution in [3.63, 3.8) is 0 Å². The first-order valence-electron chi connectivity index (χ1n) is 13.6. The second kappa shape index (κ2) is 20.3. The van der Waals surface area contributed by atoms with Crippen molar-refractivity contribution < 1.29 is 5.11 Å². The Balaban J connectivity index is 0.000000260. The van der Waals surface area contributed by atoms with E-state index in [-0.39, 0.29) is 0 Å². The Labute approximate surface area is 230 Å². The van der Waals surface area contributed by atoms with E-state index >= 15 is 0 Å². The molecule has 2 N–H and O–H groups in total. The lowest BCUT2D eigenvalue weighted by Crippen LogP contribution is -2.10. The van der Waals surface area contributed by atoms with Crippen molar-refractivity contribution >= 4 is 17.1 Å². The number of rotatable bonds is 5. The molecule has 0 amide bonds. The van der Waals surface area contributed by atoms with Gasteiger partial charge in [-0.2, -0.15) is 0 Å². The van der Waals surface area contributed by atoms with Gasteiger partial charge in [0.2, 0.25) is 0 Å². The maximum absolute atomic E-state index is 9.11. The average Bonchev–Trinajstić information content (AvgIpc) is 2.96. The number of aromatic hydroxyl groups is 1. The highest BCUT2D eigenvalue weighted by atomic mass is 16.3. The first-order valence-corrected chi connectivity index (χ1v) is 13.6. The number of benzene rings is 1. The summed E-state index contributed by atoms with van der Waals surface area (Å²) in [6.07, 6.45) is 21.5. The first-order chi connectivity index (χ1) is 18.5. The number of aromatic nitrogens is 1. The Kier molecular flexibility index (Phi) is 17.3. The number of nitrogens with one attached hydrogen (secondary N) is 1. The summed E-state index contributed by atoms with van der Waals surface area (Å²) in [4.78, 5) is 12.3. The summed E-state index contributed by atoms with van der Waals surface area (Å²) in [5.41, 5.74) is 6.04. The summed E-state index contributed by atoms with van der Waals surface area (Å²) in [7, 11) is 0. The quantitative estimate of drug-likeness (QED) is 0.418. The summed E-state index contributed by atoms with van der Waals surface area (Å²) < 4.78 is 0. The van der Waals surface area contributed by atoms with Gasteiger partial charge < -0.3 is 10.4 Å². The van der Waals surface area contributed by atoms with Crippen molar-refractivity contribution in [1.82, 2.24) is 4.98 Å². The van der Waals surface area contributed by atoms with Gasteiger partial charge in [-0.3, -0.25) is 15.0 Å². The van der Waals surface area contributed by atoms with Crippen LogP contribution in [0.25, 0.3) is 0 Å². The zero-order chi connectivity index (χ0) is 28.0. The maximum Gasteiger partial charge on any atom is 0.118 e. The molecule has 2 aliphatic rings. The van der Waals surface area contributed by atoms with Crippen LogP contribution in [0.3, 0.4) is 0 Å². The molecule has 1 aliphatic carbocycles. The summed E-state index contributed by atoms with van der Waals surface area (Å²) in [6, 6.07) is 11.3. The van der Waals surface area contributed by atoms with Gasteiger partial charge in [0.1, 0.15) is 5.75 Å². The summed E-state index contributed by atoms with van der Waals surface area (Å²) >= 11 is 0. The van der Waals surface area contributed by atoms with Crippen LogP contribution >= 0.6 is 0 Å². The van der Waals surface area contributed by atoms with Crippen LogP contribution in [0.15, 0.2) is 108 Å². The minimum atomic E-state index is 0.403. The van der Waals surface area contributed by atoms with Crippen molar-refractivity contribution in [3.05, 3.63) is 103 Å². The highest BCUT2D eigenvalue weighted by molar-refractivity contribution is 6.29. The molecule has 2 heterocycles. The van der Waals surface area contributed by atoms with E-state index in [4.69, 9.17) is 5.11 Å². The molecular formula is C33H46N4O. The van der Waals surface area contributed by atoms with E-state index in [9.17, 15) is 0 Å². The molecule has 1 saturated carbocycles. The number of para-hydroxylation sites is 1. The molecule has 0 spiro atoms. The SMILES string of the molecule is C1CCCCC1.C=C(CC)Nc1cccnc1.C=CN=C1C=CN=C(C)/C1=C/C.CCc1ccccc1O. The van der Waals surface area contributed by atoms with Crippen molar-refractivity contribution in [2.45, 2.75) is 79.1 Å². The summed E-state index contributed by atoms with van der Waals surface area (Å²) in [6.45, 7) is 15.4. The molecule has 0 unspecified atom stereocenters. The monoisotopic (exact) mass is 514 g/mol. The van der Waals surface area contributed by atoms with Crippen LogP contribution in [0, 0.1) is 0 Å². The molecule has 0 atom stereocenters. The van der Waals surface area contributed by atoms with Gasteiger partial charge in [-0.05, 0) is 56.5 Å². The lowest BCUT2D eigenvalue weighted by molar-refractivity contribution is 0.469. The molecule has 1 aliphatic heterocycles. The molecule has 38 heavy (non-hydrogen) atoms. The van der Waals surface area contributed by atoms with Gasteiger partial charge in [-0.1, -0.05) is 89.8 Å². The van der Waals surface area contributed by atoms with E-state index in [0.29, 0.717) is 5.75 Å². The molecule has 1 aromatic heterocycles. The van der Waals surface area contributed by atoms with Crippen LogP contribution < -0.4 is 5.32 Å². The van der Waals surface area contributed by atoms with E-state index in [0.717, 1.165) is 46.8 Å². The zero-order valence-corrected chi connectivity index (χ0v) is 23.8. The largest absolute Gasteiger partial charge is 0.508 e. The van der Waals surface area contributed by atoms with Crippen molar-refractivity contribution in [1.29, 1.82) is 0 Å². The minimum absolute atomic E-state index is 0.403. The second-order valence-corrected chi connectivity index (χ2v) is 8.86. The van der Waals surface area contributed by atoms with E-state index in [2.05, 4.69) is 40.4 Å². The van der Waals surface area contributed by atoms with Crippen molar-refractivity contribution in [3.8, 4) is 5.75 Å². The molecule has 2 aromatic rings. The Bertz CT molecular complexity index is 1060. The molecular weight excluding hydrogens is 468 g/mol. The molecule has 5 nitrogen and oxygen atoms in total. The number of aliphatic imine (C=N–C) groups is 2. The molecule has 0 saturated heterocycles. The Morgan fingerprint density at radius 3 is 2.18 bits per heavy atom. The minimum Gasteiger partial charge on any atom is -0.508 e. The molecule has 5 heteroatoms. The van der Waals surface area contributed by atoms with Crippen LogP contribution in [-0.2, 0) is 6.42 Å². The number of phenolic OH excluding ortho intramolecular Hbond substituents is 1. The van der Waals surface area contributed by atoms with Gasteiger partial charge >= 0.3 is 0 Å². The van der Waals surface area contributed by atoms with E-state index in [1.165, 1.54) is 38.5 Å². The fourth-order valence-electron chi connectivity index (χ4n) is 3.73. The van der Waals surface area contributed by atoms with Crippen LogP contribution in [0.4, 0.5) is 5.69 Å². The number of hydrogen-bond donors (Lipinski definition) is 2. The Hall–Kier alpha value is -3.73. The molecule has 1 fully saturated rings. The number of allylic oxidation sites excluding steroid dienone is 4. The molecule has 1 aromatic carbocycles. The van der Waals surface area contributed by atoms with Gasteiger partial charge in [-0.15, -0.1) is 0 Å². The van der Waals surface area contributed by atoms with E-state index in [1.54, 1.807) is 30.9 Å². The number of pyridine rings is 1. The predicted octanol–water partition coefficient (Wildman–Crippen LogP) is 9.22. The highest BCUT2D eigenvalue weighted by Crippen LogP contribution is 2.16. The van der Waals surface area contributed by atoms with E-state index in [1.807, 2.05) is 63.3 Å². The van der Waals surface area contributed by atoms with Crippen molar-refractivity contribution in [2.75, 3.05) is 5.32 Å². The fraction of sp³-hybridized carbons (Fsp3) is 0.364. The number of nitrogens with zero attached hydrogens (tertiary/aromatic N) is 3. The lowest BCUT2D eigenvalue weighted by atomic mass is 10.0. The average molecular weight is 515 g/mol. The third-order valence-electron chi connectivity index (χ3n) is 5.97. The number of phenols is 1. The zero-order valence-electron chi connectivity index (χ0n) is 23.8. The smallest absolute Gasteiger partial charge is 0.118 e. The van der Waals surface area contributed by atoms with Gasteiger partial charge in [0.15, 0.2) is 0 Å². The van der Waals surface area contributed by atoms with Crippen LogP contribution in [-0.4, -0.2) is 21.5 Å². The molecule has 0 radical (unpaired) electrons. The standard InChI is InChI=1S/C10H12N2.C9H12N2.C8H10O.C6H12/c1-4-9-8(3)12-7-6-10(9)11-5-2;1-3-8(2)11-9-5-4-6-10-7-9;1-2-7-5-3-4-6-8(7)9;1-2-4-6-5-3-1/h4-7H,2H2,1,3H3;4-7,11H,2-3H2,1H3;3-6,9H,2H2,1H3;1-6H2/b9-4-,11-10?;;;. The fourth-order valence-corrected chi connectivity index (χ4v) is 3.73. The maximum atomic E-state index is 9.11. The summed E-state index contributed by atoms with van der Waals surface area (Å²) in [5.74, 6) is 0.403. The molecule has 204 valence electrons. The van der Waals surface area contributed by atoms with Crippen molar-refractivity contribution in [2.24, 2.45) is 9.98 Å².